The highest BCUT2D eigenvalue weighted by molar-refractivity contribution is 6.34. The second-order valence-corrected chi connectivity index (χ2v) is 10.9. The fourth-order valence-corrected chi connectivity index (χ4v) is 4.78. The summed E-state index contributed by atoms with van der Waals surface area (Å²) in [5.74, 6) is 0.778. The summed E-state index contributed by atoms with van der Waals surface area (Å²) in [7, 11) is 0. The highest BCUT2D eigenvalue weighted by Crippen LogP contribution is 2.31. The van der Waals surface area contributed by atoms with Crippen molar-refractivity contribution < 1.29 is 14.3 Å². The topological polar surface area (TPSA) is 101 Å². The molecule has 4 rings (SSSR count). The molecule has 0 aliphatic carbocycles. The first kappa shape index (κ1) is 27.4. The maximum Gasteiger partial charge on any atom is 0.414 e. The van der Waals surface area contributed by atoms with E-state index in [9.17, 15) is 9.59 Å². The molecule has 38 heavy (non-hydrogen) atoms. The number of ether oxygens (including phenoxy) is 1. The van der Waals surface area contributed by atoms with Crippen molar-refractivity contribution in [2.24, 2.45) is 5.92 Å². The van der Waals surface area contributed by atoms with Crippen LogP contribution in [0.25, 0.3) is 0 Å². The summed E-state index contributed by atoms with van der Waals surface area (Å²) in [5.41, 5.74) is 1.63. The quantitative estimate of drug-likeness (QED) is 0.403. The van der Waals surface area contributed by atoms with Gasteiger partial charge in [-0.3, -0.25) is 9.78 Å². The van der Waals surface area contributed by atoms with Crippen molar-refractivity contribution in [3.63, 3.8) is 0 Å². The zero-order valence-corrected chi connectivity index (χ0v) is 23.1. The average Bonchev–Trinajstić information content (AvgIpc) is 3.20. The molecule has 1 saturated heterocycles. The van der Waals surface area contributed by atoms with Gasteiger partial charge in [0.1, 0.15) is 5.82 Å². The molecule has 1 aliphatic rings. The van der Waals surface area contributed by atoms with Gasteiger partial charge in [0.2, 0.25) is 5.88 Å². The first-order valence-corrected chi connectivity index (χ1v) is 13.3. The summed E-state index contributed by atoms with van der Waals surface area (Å²) in [6.45, 7) is 10.1. The Labute approximate surface area is 228 Å². The molecule has 1 fully saturated rings. The van der Waals surface area contributed by atoms with Gasteiger partial charge in [-0.1, -0.05) is 23.7 Å². The third-order valence-electron chi connectivity index (χ3n) is 6.72. The van der Waals surface area contributed by atoms with Crippen LogP contribution in [0.2, 0.25) is 5.02 Å². The van der Waals surface area contributed by atoms with Crippen molar-refractivity contribution in [3.8, 4) is 5.88 Å². The molecular weight excluding hydrogens is 504 g/mol. The van der Waals surface area contributed by atoms with Crippen molar-refractivity contribution in [1.82, 2.24) is 20.1 Å². The summed E-state index contributed by atoms with van der Waals surface area (Å²) >= 11 is 6.20. The standard InChI is InChI=1S/C28H35ClN6O3/c1-19-24(32-25(36)22-7-5-6-8-23(22)29)35(28(2,3)4)33-26(19)38-27(37)31-16-9-20-12-17-34(18-13-20)21-10-14-30-15-11-21/h5-8,10-11,14-15,20H,9,12-13,16-18H2,1-4H3,(H,31,37)(H,32,36). The highest BCUT2D eigenvalue weighted by Gasteiger charge is 2.27. The number of anilines is 2. The van der Waals surface area contributed by atoms with Crippen LogP contribution in [-0.4, -0.2) is 46.4 Å². The van der Waals surface area contributed by atoms with Crippen LogP contribution in [0, 0.1) is 12.8 Å². The van der Waals surface area contributed by atoms with Gasteiger partial charge in [-0.15, -0.1) is 5.10 Å². The summed E-state index contributed by atoms with van der Waals surface area (Å²) in [4.78, 5) is 32.0. The molecule has 0 bridgehead atoms. The molecule has 2 amide bonds. The second-order valence-electron chi connectivity index (χ2n) is 10.5. The maximum atomic E-state index is 12.9. The smallest absolute Gasteiger partial charge is 0.389 e. The maximum absolute atomic E-state index is 12.9. The van der Waals surface area contributed by atoms with Gasteiger partial charge in [0.05, 0.1) is 21.7 Å². The Hall–Kier alpha value is -3.59. The van der Waals surface area contributed by atoms with E-state index in [1.165, 1.54) is 5.69 Å². The molecular formula is C28H35ClN6O3. The van der Waals surface area contributed by atoms with Gasteiger partial charge in [0.25, 0.3) is 5.91 Å². The monoisotopic (exact) mass is 538 g/mol. The second kappa shape index (κ2) is 11.9. The van der Waals surface area contributed by atoms with Crippen LogP contribution >= 0.6 is 11.6 Å². The third-order valence-corrected chi connectivity index (χ3v) is 7.05. The number of piperidine rings is 1. The number of nitrogens with one attached hydrogen (secondary N) is 2. The van der Waals surface area contributed by atoms with Gasteiger partial charge in [0.15, 0.2) is 0 Å². The lowest BCUT2D eigenvalue weighted by Gasteiger charge is -2.33. The molecule has 0 radical (unpaired) electrons. The lowest BCUT2D eigenvalue weighted by molar-refractivity contribution is 0.102. The SMILES string of the molecule is Cc1c(OC(=O)NCCC2CCN(c3ccncc3)CC2)nn(C(C)(C)C)c1NC(=O)c1ccccc1Cl. The summed E-state index contributed by atoms with van der Waals surface area (Å²) in [5, 5.41) is 10.6. The molecule has 0 atom stereocenters. The van der Waals surface area contributed by atoms with Crippen LogP contribution in [0.4, 0.5) is 16.3 Å². The van der Waals surface area contributed by atoms with Crippen LogP contribution in [0.3, 0.4) is 0 Å². The molecule has 10 heteroatoms. The third kappa shape index (κ3) is 6.64. The molecule has 0 saturated carbocycles. The molecule has 0 spiro atoms. The van der Waals surface area contributed by atoms with Crippen molar-refractivity contribution >= 4 is 35.1 Å². The largest absolute Gasteiger partial charge is 0.414 e. The number of halogens is 1. The average molecular weight is 539 g/mol. The Morgan fingerprint density at radius 3 is 2.45 bits per heavy atom. The van der Waals surface area contributed by atoms with E-state index in [1.807, 2.05) is 45.3 Å². The van der Waals surface area contributed by atoms with Gasteiger partial charge in [-0.25, -0.2) is 9.48 Å². The Morgan fingerprint density at radius 1 is 1.11 bits per heavy atom. The number of hydrogen-bond acceptors (Lipinski definition) is 6. The predicted molar refractivity (Wildman–Crippen MR) is 149 cm³/mol. The van der Waals surface area contributed by atoms with Gasteiger partial charge >= 0.3 is 6.09 Å². The zero-order valence-electron chi connectivity index (χ0n) is 22.3. The van der Waals surface area contributed by atoms with Gasteiger partial charge in [0, 0.05) is 37.7 Å². The highest BCUT2D eigenvalue weighted by atomic mass is 35.5. The minimum absolute atomic E-state index is 0.151. The first-order chi connectivity index (χ1) is 18.1. The molecule has 1 aromatic carbocycles. The van der Waals surface area contributed by atoms with Gasteiger partial charge < -0.3 is 20.3 Å². The molecule has 202 valence electrons. The molecule has 1 aliphatic heterocycles. The summed E-state index contributed by atoms with van der Waals surface area (Å²) in [6, 6.07) is 10.9. The Kier molecular flexibility index (Phi) is 8.56. The van der Waals surface area contributed by atoms with Crippen LogP contribution < -0.4 is 20.3 Å². The van der Waals surface area contributed by atoms with Crippen molar-refractivity contribution in [1.29, 1.82) is 0 Å². The number of nitrogens with zero attached hydrogens (tertiary/aromatic N) is 4. The van der Waals surface area contributed by atoms with Gasteiger partial charge in [-0.05, 0) is 77.1 Å². The molecule has 3 aromatic rings. The van der Waals surface area contributed by atoms with Crippen LogP contribution in [-0.2, 0) is 5.54 Å². The minimum Gasteiger partial charge on any atom is -0.389 e. The number of hydrogen-bond donors (Lipinski definition) is 2. The molecule has 2 aromatic heterocycles. The molecule has 2 N–H and O–H groups in total. The fraction of sp³-hybridized carbons (Fsp3) is 0.429. The van der Waals surface area contributed by atoms with E-state index in [-0.39, 0.29) is 11.8 Å². The van der Waals surface area contributed by atoms with Gasteiger partial charge in [-0.2, -0.15) is 0 Å². The lowest BCUT2D eigenvalue weighted by Crippen LogP contribution is -2.35. The van der Waals surface area contributed by atoms with Crippen molar-refractivity contribution in [2.75, 3.05) is 29.9 Å². The van der Waals surface area contributed by atoms with E-state index >= 15 is 0 Å². The lowest BCUT2D eigenvalue weighted by atomic mass is 9.93. The number of pyridine rings is 1. The molecule has 0 unspecified atom stereocenters. The van der Waals surface area contributed by atoms with E-state index in [0.29, 0.717) is 34.4 Å². The van der Waals surface area contributed by atoms with E-state index in [4.69, 9.17) is 16.3 Å². The number of aromatic nitrogens is 3. The number of carbonyl (C=O) groups is 2. The molecule has 9 nitrogen and oxygen atoms in total. The van der Waals surface area contributed by atoms with E-state index < -0.39 is 11.6 Å². The van der Waals surface area contributed by atoms with Crippen LogP contribution in [0.15, 0.2) is 48.8 Å². The number of amides is 2. The van der Waals surface area contributed by atoms with E-state index in [1.54, 1.807) is 35.9 Å². The van der Waals surface area contributed by atoms with Crippen LogP contribution in [0.1, 0.15) is 56.0 Å². The number of rotatable bonds is 7. The summed E-state index contributed by atoms with van der Waals surface area (Å²) in [6.07, 6.45) is 6.10. The number of benzene rings is 1. The van der Waals surface area contributed by atoms with E-state index in [2.05, 4.69) is 25.6 Å². The number of carbonyl (C=O) groups excluding carboxylic acids is 2. The fourth-order valence-electron chi connectivity index (χ4n) is 4.56. The Bertz CT molecular complexity index is 1260. The molecule has 3 heterocycles. The summed E-state index contributed by atoms with van der Waals surface area (Å²) < 4.78 is 7.21. The Balaban J connectivity index is 1.33. The zero-order chi connectivity index (χ0) is 27.3. The van der Waals surface area contributed by atoms with Crippen molar-refractivity contribution in [3.05, 3.63) is 64.9 Å². The minimum atomic E-state index is -0.565. The van der Waals surface area contributed by atoms with E-state index in [0.717, 1.165) is 32.4 Å². The Morgan fingerprint density at radius 2 is 1.79 bits per heavy atom. The predicted octanol–water partition coefficient (Wildman–Crippen LogP) is 5.64. The first-order valence-electron chi connectivity index (χ1n) is 12.9. The van der Waals surface area contributed by atoms with Crippen molar-refractivity contribution in [2.45, 2.75) is 52.5 Å². The van der Waals surface area contributed by atoms with Crippen LogP contribution in [0.5, 0.6) is 5.88 Å². The normalized spacial score (nSPS) is 14.3.